The van der Waals surface area contributed by atoms with Crippen molar-refractivity contribution in [2.75, 3.05) is 7.11 Å². The summed E-state index contributed by atoms with van der Waals surface area (Å²) in [5.74, 6) is -0.840. The average molecular weight is 353 g/mol. The first-order chi connectivity index (χ1) is 10.2. The van der Waals surface area contributed by atoms with Crippen molar-refractivity contribution in [3.63, 3.8) is 0 Å². The number of esters is 2. The molecule has 0 bridgehead atoms. The van der Waals surface area contributed by atoms with Gasteiger partial charge in [-0.2, -0.15) is 0 Å². The van der Waals surface area contributed by atoms with Gasteiger partial charge in [-0.15, -0.1) is 0 Å². The van der Waals surface area contributed by atoms with E-state index < -0.39 is 10.3 Å². The minimum absolute atomic E-state index is 0.0357. The molecule has 0 N–H and O–H groups in total. The van der Waals surface area contributed by atoms with Crippen LogP contribution in [0.5, 0.6) is 0 Å². The zero-order valence-corrected chi connectivity index (χ0v) is 13.6. The van der Waals surface area contributed by atoms with Crippen molar-refractivity contribution < 1.29 is 19.1 Å². The van der Waals surface area contributed by atoms with Crippen LogP contribution in [0.4, 0.5) is 0 Å². The molecule has 2 aliphatic rings. The molecular formula is C16H18O4Se. The SMILES string of the molecule is COC(=O)C1([Se]c2ccccc2)C(=O)O[C@@H]2CCCC[C@H]21. The molecule has 0 spiro atoms. The van der Waals surface area contributed by atoms with Crippen LogP contribution in [0, 0.1) is 5.92 Å². The summed E-state index contributed by atoms with van der Waals surface area (Å²) in [5.41, 5.74) is 0. The fraction of sp³-hybridized carbons (Fsp3) is 0.500. The van der Waals surface area contributed by atoms with Crippen LogP contribution in [0.1, 0.15) is 25.7 Å². The molecule has 3 rings (SSSR count). The maximum absolute atomic E-state index is 12.6. The van der Waals surface area contributed by atoms with Gasteiger partial charge in [0.05, 0.1) is 0 Å². The fourth-order valence-electron chi connectivity index (χ4n) is 3.30. The Morgan fingerprint density at radius 1 is 1.29 bits per heavy atom. The standard InChI is InChI=1S/C16H18O4Se/c1-19-14(17)16(21-11-7-3-2-4-8-11)12-9-5-6-10-13(12)20-15(16)18/h2-4,7-8,12-13H,5-6,9-10H2,1H3/t12-,13-,16?/m1/s1. The second-order valence-corrected chi connectivity index (χ2v) is 8.25. The maximum atomic E-state index is 12.6. The summed E-state index contributed by atoms with van der Waals surface area (Å²) in [6.45, 7) is 0. The Morgan fingerprint density at radius 2 is 2.00 bits per heavy atom. The first kappa shape index (κ1) is 14.6. The summed E-state index contributed by atoms with van der Waals surface area (Å²) < 4.78 is 10.5. The summed E-state index contributed by atoms with van der Waals surface area (Å²) >= 11 is -0.324. The van der Waals surface area contributed by atoms with E-state index in [9.17, 15) is 9.59 Å². The van der Waals surface area contributed by atoms with E-state index in [1.165, 1.54) is 7.11 Å². The molecule has 0 amide bonds. The molecule has 4 nitrogen and oxygen atoms in total. The zero-order valence-electron chi connectivity index (χ0n) is 11.9. The van der Waals surface area contributed by atoms with Gasteiger partial charge in [-0.3, -0.25) is 0 Å². The molecule has 2 fully saturated rings. The number of carbonyl (C=O) groups is 2. The molecule has 1 aliphatic carbocycles. The summed E-state index contributed by atoms with van der Waals surface area (Å²) in [5, 5.41) is 0. The first-order valence-electron chi connectivity index (χ1n) is 7.22. The number of methoxy groups -OCH3 is 1. The summed E-state index contributed by atoms with van der Waals surface area (Å²) in [6.07, 6.45) is 3.71. The second kappa shape index (κ2) is 5.82. The van der Waals surface area contributed by atoms with Gasteiger partial charge in [0.2, 0.25) is 0 Å². The Balaban J connectivity index is 2.00. The molecule has 0 aromatic heterocycles. The van der Waals surface area contributed by atoms with Crippen LogP contribution >= 0.6 is 0 Å². The van der Waals surface area contributed by atoms with Gasteiger partial charge >= 0.3 is 130 Å². The number of fused-ring (bicyclic) bond motifs is 1. The second-order valence-electron chi connectivity index (χ2n) is 5.48. The summed E-state index contributed by atoms with van der Waals surface area (Å²) in [4.78, 5) is 25.1. The normalized spacial score (nSPS) is 31.4. The molecule has 5 heteroatoms. The molecule has 0 radical (unpaired) electrons. The molecule has 112 valence electrons. The van der Waals surface area contributed by atoms with Gasteiger partial charge in [0.25, 0.3) is 0 Å². The van der Waals surface area contributed by atoms with E-state index in [2.05, 4.69) is 0 Å². The topological polar surface area (TPSA) is 52.6 Å². The number of hydrogen-bond donors (Lipinski definition) is 0. The molecule has 21 heavy (non-hydrogen) atoms. The molecule has 1 unspecified atom stereocenters. The van der Waals surface area contributed by atoms with Gasteiger partial charge < -0.3 is 0 Å². The van der Waals surface area contributed by atoms with Crippen LogP contribution < -0.4 is 4.46 Å². The number of hydrogen-bond acceptors (Lipinski definition) is 4. The van der Waals surface area contributed by atoms with Crippen molar-refractivity contribution in [1.29, 1.82) is 0 Å². The molecule has 1 heterocycles. The Kier molecular flexibility index (Phi) is 4.05. The van der Waals surface area contributed by atoms with Crippen molar-refractivity contribution in [3.8, 4) is 0 Å². The summed E-state index contributed by atoms with van der Waals surface area (Å²) in [7, 11) is 1.36. The first-order valence-corrected chi connectivity index (χ1v) is 8.93. The van der Waals surface area contributed by atoms with Gasteiger partial charge in [0, 0.05) is 0 Å². The Hall–Kier alpha value is -1.32. The van der Waals surface area contributed by atoms with Gasteiger partial charge in [-0.25, -0.2) is 0 Å². The molecule has 1 aliphatic heterocycles. The quantitative estimate of drug-likeness (QED) is 0.469. The third kappa shape index (κ3) is 2.38. The minimum atomic E-state index is -1.10. The monoisotopic (exact) mass is 354 g/mol. The average Bonchev–Trinajstić information content (AvgIpc) is 2.81. The Labute approximate surface area is 130 Å². The van der Waals surface area contributed by atoms with Gasteiger partial charge in [0.15, 0.2) is 0 Å². The fourth-order valence-corrected chi connectivity index (χ4v) is 6.20. The number of rotatable bonds is 3. The van der Waals surface area contributed by atoms with Crippen molar-refractivity contribution >= 4 is 31.4 Å². The summed E-state index contributed by atoms with van der Waals surface area (Å²) in [6, 6.07) is 9.73. The van der Waals surface area contributed by atoms with Crippen LogP contribution in [-0.4, -0.2) is 40.1 Å². The molecule has 1 saturated heterocycles. The zero-order chi connectivity index (χ0) is 14.9. The van der Waals surface area contributed by atoms with Crippen LogP contribution in [0.15, 0.2) is 30.3 Å². The van der Waals surface area contributed by atoms with Crippen LogP contribution in [-0.2, 0) is 19.1 Å². The van der Waals surface area contributed by atoms with Gasteiger partial charge in [-0.1, -0.05) is 0 Å². The third-order valence-electron chi connectivity index (χ3n) is 4.30. The Bertz CT molecular complexity index is 544. The van der Waals surface area contributed by atoms with Crippen molar-refractivity contribution in [3.05, 3.63) is 30.3 Å². The van der Waals surface area contributed by atoms with Crippen molar-refractivity contribution in [1.82, 2.24) is 0 Å². The van der Waals surface area contributed by atoms with E-state index in [1.807, 2.05) is 30.3 Å². The van der Waals surface area contributed by atoms with E-state index in [0.29, 0.717) is 0 Å². The van der Waals surface area contributed by atoms with Crippen molar-refractivity contribution in [2.45, 2.75) is 36.1 Å². The van der Waals surface area contributed by atoms with Gasteiger partial charge in [0.1, 0.15) is 0 Å². The third-order valence-corrected chi connectivity index (χ3v) is 7.37. The van der Waals surface area contributed by atoms with E-state index in [-0.39, 0.29) is 32.9 Å². The van der Waals surface area contributed by atoms with E-state index in [0.717, 1.165) is 30.1 Å². The van der Waals surface area contributed by atoms with Crippen LogP contribution in [0.3, 0.4) is 0 Å². The van der Waals surface area contributed by atoms with Crippen LogP contribution in [0.25, 0.3) is 0 Å². The number of benzene rings is 1. The molecule has 1 aromatic rings. The van der Waals surface area contributed by atoms with E-state index in [4.69, 9.17) is 9.47 Å². The predicted octanol–water partition coefficient (Wildman–Crippen LogP) is 1.46. The molecular weight excluding hydrogens is 335 g/mol. The number of carbonyl (C=O) groups excluding carboxylic acids is 2. The van der Waals surface area contributed by atoms with E-state index in [1.54, 1.807) is 0 Å². The van der Waals surface area contributed by atoms with Crippen molar-refractivity contribution in [2.24, 2.45) is 5.92 Å². The molecule has 1 saturated carbocycles. The predicted molar refractivity (Wildman–Crippen MR) is 78.4 cm³/mol. The molecule has 1 aromatic carbocycles. The van der Waals surface area contributed by atoms with Crippen LogP contribution in [0.2, 0.25) is 4.31 Å². The Morgan fingerprint density at radius 3 is 2.71 bits per heavy atom. The molecule has 3 atom stereocenters. The van der Waals surface area contributed by atoms with Gasteiger partial charge in [-0.05, 0) is 0 Å². The number of ether oxygens (including phenoxy) is 2. The van der Waals surface area contributed by atoms with E-state index >= 15 is 0 Å².